The van der Waals surface area contributed by atoms with Crippen LogP contribution >= 0.6 is 0 Å². The first kappa shape index (κ1) is 24.5. The second kappa shape index (κ2) is 8.32. The molecule has 180 valence electrons. The van der Waals surface area contributed by atoms with Crippen molar-refractivity contribution >= 4 is 23.9 Å². The Kier molecular flexibility index (Phi) is 6.36. The number of carbonyl (C=O) groups excluding carboxylic acids is 4. The first-order chi connectivity index (χ1) is 14.8. The van der Waals surface area contributed by atoms with Gasteiger partial charge in [-0.15, -0.1) is 0 Å². The normalized spacial score (nSPS) is 39.4. The molecular formula is C23H34O9. The van der Waals surface area contributed by atoms with Gasteiger partial charge in [-0.25, -0.2) is 0 Å². The maximum absolute atomic E-state index is 12.3. The molecule has 2 aliphatic carbocycles. The summed E-state index contributed by atoms with van der Waals surface area (Å²) in [5.41, 5.74) is -2.91. The van der Waals surface area contributed by atoms with Gasteiger partial charge >= 0.3 is 23.9 Å². The van der Waals surface area contributed by atoms with Crippen LogP contribution in [0.15, 0.2) is 0 Å². The number of rotatable bonds is 5. The quantitative estimate of drug-likeness (QED) is 0.456. The topological polar surface area (TPSA) is 114 Å². The van der Waals surface area contributed by atoms with E-state index in [1.807, 2.05) is 20.8 Å². The summed E-state index contributed by atoms with van der Waals surface area (Å²) in [6.45, 7) is 10.8. The SMILES string of the molecule is CC(=O)OCC12[C@H](OC(C)=O)[C@H](OC(C)=O)[C@H]3C[C@@]1(OC3(C)C)[C@@H](C)CC[C@H]2OC(C)=O. The third kappa shape index (κ3) is 3.78. The molecule has 3 rings (SSSR count). The van der Waals surface area contributed by atoms with Crippen molar-refractivity contribution in [1.29, 1.82) is 0 Å². The van der Waals surface area contributed by atoms with Crippen LogP contribution in [0.4, 0.5) is 0 Å². The average molecular weight is 455 g/mol. The predicted molar refractivity (Wildman–Crippen MR) is 110 cm³/mol. The molecule has 0 amide bonds. The van der Waals surface area contributed by atoms with E-state index in [0.717, 1.165) is 0 Å². The van der Waals surface area contributed by atoms with Crippen molar-refractivity contribution in [3.8, 4) is 0 Å². The van der Waals surface area contributed by atoms with E-state index < -0.39 is 58.8 Å². The average Bonchev–Trinajstić information content (AvgIpc) is 2.90. The molecule has 0 aromatic heterocycles. The highest BCUT2D eigenvalue weighted by atomic mass is 16.6. The van der Waals surface area contributed by atoms with Crippen molar-refractivity contribution in [1.82, 2.24) is 0 Å². The Bertz CT molecular complexity index is 805. The molecule has 32 heavy (non-hydrogen) atoms. The zero-order chi connectivity index (χ0) is 24.1. The van der Waals surface area contributed by atoms with Crippen LogP contribution in [0.5, 0.6) is 0 Å². The zero-order valence-corrected chi connectivity index (χ0v) is 19.9. The number of fused-ring (bicyclic) bond motifs is 1. The molecule has 0 aromatic carbocycles. The van der Waals surface area contributed by atoms with Gasteiger partial charge in [-0.3, -0.25) is 19.2 Å². The summed E-state index contributed by atoms with van der Waals surface area (Å²) < 4.78 is 29.7. The lowest BCUT2D eigenvalue weighted by molar-refractivity contribution is -0.292. The van der Waals surface area contributed by atoms with Gasteiger partial charge in [0, 0.05) is 33.6 Å². The van der Waals surface area contributed by atoms with E-state index in [0.29, 0.717) is 19.3 Å². The van der Waals surface area contributed by atoms with Gasteiger partial charge < -0.3 is 23.7 Å². The summed E-state index contributed by atoms with van der Waals surface area (Å²) >= 11 is 0. The van der Waals surface area contributed by atoms with Crippen LogP contribution in [0.1, 0.15) is 67.7 Å². The Morgan fingerprint density at radius 3 is 2.00 bits per heavy atom. The fourth-order valence-electron chi connectivity index (χ4n) is 6.38. The molecule has 3 fully saturated rings. The maximum Gasteiger partial charge on any atom is 0.303 e. The number of esters is 4. The minimum Gasteiger partial charge on any atom is -0.465 e. The maximum atomic E-state index is 12.3. The van der Waals surface area contributed by atoms with Crippen molar-refractivity contribution in [3.05, 3.63) is 0 Å². The summed E-state index contributed by atoms with van der Waals surface area (Å²) in [4.78, 5) is 48.4. The first-order valence-electron chi connectivity index (χ1n) is 11.1. The Morgan fingerprint density at radius 2 is 1.47 bits per heavy atom. The lowest BCUT2D eigenvalue weighted by atomic mass is 9.49. The van der Waals surface area contributed by atoms with E-state index in [1.54, 1.807) is 0 Å². The van der Waals surface area contributed by atoms with Gasteiger partial charge in [0.15, 0.2) is 6.10 Å². The van der Waals surface area contributed by atoms with Crippen LogP contribution in [-0.2, 0) is 42.9 Å². The Labute approximate surface area is 188 Å². The standard InChI is InChI=1S/C23H34O9/c1-12-8-9-18(29-14(3)25)22(11-28-13(2)24)20(31-16(5)27)19(30-15(4)26)17-10-23(12,22)32-21(17,6)7/h12,17-20H,8-11H2,1-7H3/t12-,17+,18+,19+,20+,22?,23+/m0/s1. The molecule has 1 saturated heterocycles. The molecule has 9 nitrogen and oxygen atoms in total. The van der Waals surface area contributed by atoms with Gasteiger partial charge in [0.05, 0.1) is 11.2 Å². The van der Waals surface area contributed by atoms with E-state index in [4.69, 9.17) is 23.7 Å². The van der Waals surface area contributed by atoms with Crippen LogP contribution in [0.25, 0.3) is 0 Å². The summed E-state index contributed by atoms with van der Waals surface area (Å²) in [6, 6.07) is 0. The molecule has 2 saturated carbocycles. The van der Waals surface area contributed by atoms with Crippen LogP contribution in [0, 0.1) is 17.3 Å². The highest BCUT2D eigenvalue weighted by molar-refractivity contribution is 5.69. The minimum atomic E-state index is -1.25. The number of hydrogen-bond donors (Lipinski definition) is 0. The lowest BCUT2D eigenvalue weighted by Gasteiger charge is -2.61. The number of carbonyl (C=O) groups is 4. The van der Waals surface area contributed by atoms with Gasteiger partial charge in [-0.2, -0.15) is 0 Å². The highest BCUT2D eigenvalue weighted by Gasteiger charge is 2.79. The van der Waals surface area contributed by atoms with Crippen LogP contribution in [0.3, 0.4) is 0 Å². The summed E-state index contributed by atoms with van der Waals surface area (Å²) in [7, 11) is 0. The molecule has 1 spiro atoms. The van der Waals surface area contributed by atoms with Crippen LogP contribution in [-0.4, -0.2) is 60.0 Å². The first-order valence-corrected chi connectivity index (χ1v) is 11.1. The van der Waals surface area contributed by atoms with E-state index in [9.17, 15) is 19.2 Å². The van der Waals surface area contributed by atoms with Crippen molar-refractivity contribution in [2.75, 3.05) is 6.61 Å². The zero-order valence-electron chi connectivity index (χ0n) is 19.9. The molecule has 0 N–H and O–H groups in total. The second-order valence-corrected chi connectivity index (χ2v) is 9.91. The van der Waals surface area contributed by atoms with Crippen molar-refractivity contribution in [2.24, 2.45) is 17.3 Å². The third-order valence-corrected chi connectivity index (χ3v) is 7.50. The molecule has 0 aromatic rings. The van der Waals surface area contributed by atoms with E-state index in [-0.39, 0.29) is 18.4 Å². The van der Waals surface area contributed by atoms with E-state index >= 15 is 0 Å². The summed E-state index contributed by atoms with van der Waals surface area (Å²) in [5.74, 6) is -2.45. The molecule has 0 radical (unpaired) electrons. The number of hydrogen-bond acceptors (Lipinski definition) is 9. The van der Waals surface area contributed by atoms with Crippen molar-refractivity contribution in [3.63, 3.8) is 0 Å². The van der Waals surface area contributed by atoms with Crippen molar-refractivity contribution < 1.29 is 42.9 Å². The molecule has 7 atom stereocenters. The van der Waals surface area contributed by atoms with Crippen molar-refractivity contribution in [2.45, 2.75) is 97.2 Å². The fraction of sp³-hybridized carbons (Fsp3) is 0.826. The van der Waals surface area contributed by atoms with Gasteiger partial charge in [0.2, 0.25) is 0 Å². The van der Waals surface area contributed by atoms with Crippen LogP contribution < -0.4 is 0 Å². The van der Waals surface area contributed by atoms with Gasteiger partial charge in [-0.1, -0.05) is 6.92 Å². The fourth-order valence-corrected chi connectivity index (χ4v) is 6.38. The third-order valence-electron chi connectivity index (χ3n) is 7.50. The van der Waals surface area contributed by atoms with Gasteiger partial charge in [0.25, 0.3) is 0 Å². The Balaban J connectivity index is 2.30. The Morgan fingerprint density at radius 1 is 0.875 bits per heavy atom. The molecule has 1 heterocycles. The highest BCUT2D eigenvalue weighted by Crippen LogP contribution is 2.67. The van der Waals surface area contributed by atoms with Crippen LogP contribution in [0.2, 0.25) is 0 Å². The molecule has 1 aliphatic heterocycles. The minimum absolute atomic E-state index is 0.0227. The van der Waals surface area contributed by atoms with E-state index in [1.165, 1.54) is 27.7 Å². The van der Waals surface area contributed by atoms with Gasteiger partial charge in [-0.05, 0) is 39.0 Å². The molecule has 2 bridgehead atoms. The monoisotopic (exact) mass is 454 g/mol. The van der Waals surface area contributed by atoms with Gasteiger partial charge in [0.1, 0.15) is 24.2 Å². The lowest BCUT2D eigenvalue weighted by Crippen LogP contribution is -2.74. The smallest absolute Gasteiger partial charge is 0.303 e. The molecule has 1 unspecified atom stereocenters. The summed E-state index contributed by atoms with van der Waals surface area (Å²) in [6.07, 6.45) is -1.02. The summed E-state index contributed by atoms with van der Waals surface area (Å²) in [5, 5.41) is 0. The molecule has 9 heteroatoms. The molecular weight excluding hydrogens is 420 g/mol. The Hall–Kier alpha value is -2.16. The van der Waals surface area contributed by atoms with E-state index in [2.05, 4.69) is 0 Å². The molecule has 3 aliphatic rings. The predicted octanol–water partition coefficient (Wildman–Crippen LogP) is 2.33. The second-order valence-electron chi connectivity index (χ2n) is 9.91. The number of ether oxygens (including phenoxy) is 5. The largest absolute Gasteiger partial charge is 0.465 e.